The SMILES string of the molecule is Cc1ccc(C(=O)O[C@H](C(=O)Nc2cccc(C(F)(F)F)c2)[C@@H](OC(=O)c2ccc(C)cc2)C(=O)O)cc1. The Bertz CT molecular complexity index is 1340. The predicted octanol–water partition coefficient (Wildman–Crippen LogP) is 4.80. The lowest BCUT2D eigenvalue weighted by Crippen LogP contribution is -2.48. The number of anilines is 1. The summed E-state index contributed by atoms with van der Waals surface area (Å²) in [7, 11) is 0. The van der Waals surface area contributed by atoms with Crippen LogP contribution in [-0.4, -0.2) is 41.1 Å². The highest BCUT2D eigenvalue weighted by Crippen LogP contribution is 2.30. The fourth-order valence-electron chi connectivity index (χ4n) is 3.23. The molecule has 2 atom stereocenters. The smallest absolute Gasteiger partial charge is 0.416 e. The van der Waals surface area contributed by atoms with Gasteiger partial charge in [0.15, 0.2) is 0 Å². The highest BCUT2D eigenvalue weighted by Gasteiger charge is 2.41. The highest BCUT2D eigenvalue weighted by molar-refractivity contribution is 6.01. The molecule has 198 valence electrons. The Morgan fingerprint density at radius 2 is 1.24 bits per heavy atom. The predicted molar refractivity (Wildman–Crippen MR) is 128 cm³/mol. The van der Waals surface area contributed by atoms with Crippen LogP contribution in [0.2, 0.25) is 0 Å². The highest BCUT2D eigenvalue weighted by atomic mass is 19.4. The summed E-state index contributed by atoms with van der Waals surface area (Å²) < 4.78 is 49.5. The van der Waals surface area contributed by atoms with Gasteiger partial charge in [-0.25, -0.2) is 14.4 Å². The number of carbonyl (C=O) groups excluding carboxylic acids is 3. The molecule has 1 amide bonds. The molecule has 38 heavy (non-hydrogen) atoms. The second kappa shape index (κ2) is 11.6. The van der Waals surface area contributed by atoms with Crippen molar-refractivity contribution in [2.45, 2.75) is 32.2 Å². The van der Waals surface area contributed by atoms with Crippen molar-refractivity contribution in [3.05, 3.63) is 101 Å². The molecule has 2 N–H and O–H groups in total. The van der Waals surface area contributed by atoms with Gasteiger partial charge in [0.2, 0.25) is 12.2 Å². The fourth-order valence-corrected chi connectivity index (χ4v) is 3.23. The van der Waals surface area contributed by atoms with E-state index in [0.29, 0.717) is 6.07 Å². The molecule has 0 aliphatic heterocycles. The number of hydrogen-bond acceptors (Lipinski definition) is 6. The summed E-state index contributed by atoms with van der Waals surface area (Å²) in [6.07, 6.45) is -9.31. The van der Waals surface area contributed by atoms with Gasteiger partial charge in [-0.15, -0.1) is 0 Å². The van der Waals surface area contributed by atoms with Crippen molar-refractivity contribution in [2.24, 2.45) is 0 Å². The van der Waals surface area contributed by atoms with E-state index < -0.39 is 47.8 Å². The molecule has 0 bridgehead atoms. The number of nitrogens with one attached hydrogen (secondary N) is 1. The zero-order valence-electron chi connectivity index (χ0n) is 20.1. The largest absolute Gasteiger partial charge is 0.478 e. The van der Waals surface area contributed by atoms with Gasteiger partial charge >= 0.3 is 24.1 Å². The standard InChI is InChI=1S/C27H22F3NO7/c1-15-6-10-17(11-7-15)25(35)37-21(23(32)31-20-5-3-4-19(14-20)27(28,29)30)22(24(33)34)38-26(36)18-12-8-16(2)9-13-18/h3-14,21-22H,1-2H3,(H,31,32)(H,33,34)/t21-,22+/m0/s1. The molecule has 11 heteroatoms. The van der Waals surface area contributed by atoms with Crippen LogP contribution in [0.25, 0.3) is 0 Å². The fraction of sp³-hybridized carbons (Fsp3) is 0.185. The van der Waals surface area contributed by atoms with E-state index >= 15 is 0 Å². The van der Waals surface area contributed by atoms with Gasteiger partial charge in [0.05, 0.1) is 16.7 Å². The van der Waals surface area contributed by atoms with Crippen LogP contribution in [-0.2, 0) is 25.2 Å². The molecule has 3 aromatic carbocycles. The van der Waals surface area contributed by atoms with Crippen molar-refractivity contribution in [2.75, 3.05) is 5.32 Å². The van der Waals surface area contributed by atoms with Gasteiger partial charge in [-0.2, -0.15) is 13.2 Å². The van der Waals surface area contributed by atoms with Crippen LogP contribution in [0.15, 0.2) is 72.8 Å². The number of aliphatic carboxylic acids is 1. The first-order valence-corrected chi connectivity index (χ1v) is 11.1. The topological polar surface area (TPSA) is 119 Å². The third kappa shape index (κ3) is 7.19. The van der Waals surface area contributed by atoms with Gasteiger partial charge < -0.3 is 19.9 Å². The van der Waals surface area contributed by atoms with Crippen molar-refractivity contribution < 1.29 is 46.9 Å². The molecule has 3 aromatic rings. The molecule has 0 aliphatic rings. The molecule has 8 nitrogen and oxygen atoms in total. The zero-order chi connectivity index (χ0) is 28.0. The Kier molecular flexibility index (Phi) is 8.51. The number of amides is 1. The number of halogens is 3. The lowest BCUT2D eigenvalue weighted by atomic mass is 10.1. The number of hydrogen-bond donors (Lipinski definition) is 2. The minimum atomic E-state index is -4.72. The summed E-state index contributed by atoms with van der Waals surface area (Å²) in [5.74, 6) is -5.40. The monoisotopic (exact) mass is 529 g/mol. The molecule has 0 heterocycles. The van der Waals surface area contributed by atoms with Gasteiger partial charge in [0.1, 0.15) is 0 Å². The summed E-state index contributed by atoms with van der Waals surface area (Å²) in [4.78, 5) is 50.5. The minimum absolute atomic E-state index is 0.0382. The molecule has 0 fully saturated rings. The average molecular weight is 529 g/mol. The molecule has 0 spiro atoms. The summed E-state index contributed by atoms with van der Waals surface area (Å²) >= 11 is 0. The van der Waals surface area contributed by atoms with E-state index in [1.807, 2.05) is 0 Å². The number of benzene rings is 3. The average Bonchev–Trinajstić information content (AvgIpc) is 2.86. The van der Waals surface area contributed by atoms with Crippen LogP contribution in [0.5, 0.6) is 0 Å². The van der Waals surface area contributed by atoms with Crippen molar-refractivity contribution in [3.63, 3.8) is 0 Å². The van der Waals surface area contributed by atoms with Crippen LogP contribution in [0.4, 0.5) is 18.9 Å². The van der Waals surface area contributed by atoms with Crippen molar-refractivity contribution in [1.82, 2.24) is 0 Å². The number of alkyl halides is 3. The molecule has 0 saturated heterocycles. The van der Waals surface area contributed by atoms with Crippen molar-refractivity contribution in [3.8, 4) is 0 Å². The number of ether oxygens (including phenoxy) is 2. The Labute approximate surface area is 215 Å². The van der Waals surface area contributed by atoms with Crippen molar-refractivity contribution >= 4 is 29.5 Å². The second-order valence-corrected chi connectivity index (χ2v) is 8.29. The second-order valence-electron chi connectivity index (χ2n) is 8.29. The van der Waals surface area contributed by atoms with E-state index in [4.69, 9.17) is 9.47 Å². The van der Waals surface area contributed by atoms with Crippen LogP contribution in [0.1, 0.15) is 37.4 Å². The van der Waals surface area contributed by atoms with E-state index in [-0.39, 0.29) is 16.8 Å². The molecule has 3 rings (SSSR count). The number of esters is 2. The van der Waals surface area contributed by atoms with Crippen LogP contribution in [0, 0.1) is 13.8 Å². The van der Waals surface area contributed by atoms with Gasteiger partial charge in [-0.3, -0.25) is 4.79 Å². The summed E-state index contributed by atoms with van der Waals surface area (Å²) in [5, 5.41) is 11.9. The molecule has 0 unspecified atom stereocenters. The Morgan fingerprint density at radius 1 is 0.763 bits per heavy atom. The van der Waals surface area contributed by atoms with Crippen LogP contribution >= 0.6 is 0 Å². The molecule has 0 aliphatic carbocycles. The maximum Gasteiger partial charge on any atom is 0.416 e. The maximum atomic E-state index is 13.1. The summed E-state index contributed by atoms with van der Waals surface area (Å²) in [5.41, 5.74) is 0.0991. The van der Waals surface area contributed by atoms with E-state index in [0.717, 1.165) is 29.3 Å². The first-order valence-electron chi connectivity index (χ1n) is 11.1. The number of carboxylic acids is 1. The Morgan fingerprint density at radius 3 is 1.68 bits per heavy atom. The number of carbonyl (C=O) groups is 4. The van der Waals surface area contributed by atoms with Crippen LogP contribution < -0.4 is 5.32 Å². The normalized spacial score (nSPS) is 12.7. The molecular weight excluding hydrogens is 507 g/mol. The van der Waals surface area contributed by atoms with Gasteiger partial charge in [-0.1, -0.05) is 41.5 Å². The lowest BCUT2D eigenvalue weighted by molar-refractivity contribution is -0.157. The lowest BCUT2D eigenvalue weighted by Gasteiger charge is -2.24. The molecule has 0 saturated carbocycles. The minimum Gasteiger partial charge on any atom is -0.478 e. The van der Waals surface area contributed by atoms with E-state index in [1.54, 1.807) is 38.1 Å². The molecular formula is C27H22F3NO7. The van der Waals surface area contributed by atoms with Crippen molar-refractivity contribution in [1.29, 1.82) is 0 Å². The van der Waals surface area contributed by atoms with Crippen LogP contribution in [0.3, 0.4) is 0 Å². The summed E-state index contributed by atoms with van der Waals surface area (Å²) in [6, 6.07) is 15.3. The maximum absolute atomic E-state index is 13.1. The third-order valence-corrected chi connectivity index (χ3v) is 5.28. The molecule has 0 radical (unpaired) electrons. The van der Waals surface area contributed by atoms with E-state index in [1.165, 1.54) is 24.3 Å². The van der Waals surface area contributed by atoms with E-state index in [9.17, 15) is 37.5 Å². The third-order valence-electron chi connectivity index (χ3n) is 5.28. The number of rotatable bonds is 8. The van der Waals surface area contributed by atoms with Gasteiger partial charge in [-0.05, 0) is 56.3 Å². The van der Waals surface area contributed by atoms with Gasteiger partial charge in [0.25, 0.3) is 5.91 Å². The molecule has 0 aromatic heterocycles. The summed E-state index contributed by atoms with van der Waals surface area (Å²) in [6.45, 7) is 3.51. The Balaban J connectivity index is 1.93. The quantitative estimate of drug-likeness (QED) is 0.403. The first-order chi connectivity index (χ1) is 17.8. The van der Waals surface area contributed by atoms with Gasteiger partial charge in [0, 0.05) is 5.69 Å². The number of carboxylic acid groups (broad SMARTS) is 1. The Hall–Kier alpha value is -4.67. The number of aryl methyl sites for hydroxylation is 2. The zero-order valence-corrected chi connectivity index (χ0v) is 20.1. The first kappa shape index (κ1) is 27.9. The van der Waals surface area contributed by atoms with E-state index in [2.05, 4.69) is 5.32 Å².